The van der Waals surface area contributed by atoms with Gasteiger partial charge in [-0.25, -0.2) is 4.79 Å². The number of urea groups is 1. The molecule has 2 heterocycles. The highest BCUT2D eigenvalue weighted by molar-refractivity contribution is 8.01. The van der Waals surface area contributed by atoms with E-state index in [9.17, 15) is 14.4 Å². The van der Waals surface area contributed by atoms with Gasteiger partial charge in [-0.05, 0) is 6.42 Å². The number of hydrogen-bond donors (Lipinski definition) is 0. The van der Waals surface area contributed by atoms with Crippen LogP contribution >= 0.6 is 23.1 Å². The van der Waals surface area contributed by atoms with Gasteiger partial charge in [-0.1, -0.05) is 36.4 Å². The van der Waals surface area contributed by atoms with Crippen LogP contribution in [0, 0.1) is 0 Å². The third kappa shape index (κ3) is 3.38. The maximum absolute atomic E-state index is 12.3. The second-order valence-electron chi connectivity index (χ2n) is 4.58. The van der Waals surface area contributed by atoms with E-state index in [1.54, 1.807) is 0 Å². The third-order valence-electron chi connectivity index (χ3n) is 2.86. The Morgan fingerprint density at radius 2 is 2.14 bits per heavy atom. The highest BCUT2D eigenvalue weighted by Crippen LogP contribution is 2.32. The van der Waals surface area contributed by atoms with E-state index >= 15 is 0 Å². The number of aromatic nitrogens is 2. The lowest BCUT2D eigenvalue weighted by Crippen LogP contribution is -2.35. The monoisotopic (exact) mass is 344 g/mol. The summed E-state index contributed by atoms with van der Waals surface area (Å²) in [6.07, 6.45) is 0.889. The molecule has 0 bridgehead atoms. The zero-order valence-corrected chi connectivity index (χ0v) is 14.1. The van der Waals surface area contributed by atoms with Crippen molar-refractivity contribution in [1.29, 1.82) is 0 Å². The van der Waals surface area contributed by atoms with E-state index < -0.39 is 24.1 Å². The summed E-state index contributed by atoms with van der Waals surface area (Å²) >= 11 is 2.70. The average Bonchev–Trinajstić information content (AvgIpc) is 2.99. The topological polar surface area (TPSA) is 92.7 Å². The van der Waals surface area contributed by atoms with E-state index in [-0.39, 0.29) is 5.13 Å². The summed E-state index contributed by atoms with van der Waals surface area (Å²) in [6, 6.07) is -0.586. The number of anilines is 1. The lowest BCUT2D eigenvalue weighted by molar-refractivity contribution is -0.157. The molecular formula is C12H16N4O4S2. The predicted octanol–water partition coefficient (Wildman–Crippen LogP) is 1.72. The van der Waals surface area contributed by atoms with E-state index in [1.165, 1.54) is 37.1 Å². The molecule has 1 aromatic heterocycles. The second kappa shape index (κ2) is 7.05. The first-order valence-electron chi connectivity index (χ1n) is 6.70. The highest BCUT2D eigenvalue weighted by Gasteiger charge is 2.47. The molecule has 8 nitrogen and oxygen atoms in total. The summed E-state index contributed by atoms with van der Waals surface area (Å²) in [7, 11) is 1.39. The van der Waals surface area contributed by atoms with Gasteiger partial charge in [0.05, 0.1) is 0 Å². The van der Waals surface area contributed by atoms with E-state index in [1.807, 2.05) is 0 Å². The lowest BCUT2D eigenvalue weighted by Gasteiger charge is -2.14. The normalized spacial score (nSPS) is 18.2. The molecule has 1 fully saturated rings. The van der Waals surface area contributed by atoms with Crippen molar-refractivity contribution in [2.75, 3.05) is 17.7 Å². The molecule has 1 unspecified atom stereocenters. The fourth-order valence-electron chi connectivity index (χ4n) is 1.75. The van der Waals surface area contributed by atoms with Gasteiger partial charge >= 0.3 is 12.0 Å². The molecule has 1 saturated heterocycles. The molecular weight excluding hydrogens is 328 g/mol. The van der Waals surface area contributed by atoms with Crippen molar-refractivity contribution < 1.29 is 19.1 Å². The number of esters is 1. The number of carbonyl (C=O) groups excluding carboxylic acids is 3. The fraction of sp³-hybridized carbons (Fsp3) is 0.583. The Morgan fingerprint density at radius 3 is 2.77 bits per heavy atom. The molecule has 0 spiro atoms. The summed E-state index contributed by atoms with van der Waals surface area (Å²) in [5.74, 6) is -0.361. The van der Waals surface area contributed by atoms with E-state index in [0.29, 0.717) is 4.34 Å². The number of unbranched alkanes of at least 4 members (excludes halogenated alkanes) is 1. The average molecular weight is 344 g/mol. The number of carbonyl (C=O) groups is 3. The second-order valence-corrected chi connectivity index (χ2v) is 6.88. The first-order chi connectivity index (χ1) is 10.5. The van der Waals surface area contributed by atoms with E-state index in [0.717, 1.165) is 28.4 Å². The van der Waals surface area contributed by atoms with Crippen molar-refractivity contribution in [3.63, 3.8) is 0 Å². The number of amides is 3. The number of nitrogens with zero attached hydrogens (tertiary/aromatic N) is 4. The van der Waals surface area contributed by atoms with Crippen molar-refractivity contribution in [3.05, 3.63) is 0 Å². The molecule has 1 aliphatic heterocycles. The van der Waals surface area contributed by atoms with Gasteiger partial charge in [-0.15, -0.1) is 10.2 Å². The standard InChI is InChI=1S/C12H16N4O4S2/c1-4-5-6-21-11-14-13-10(22-11)16-8(18)9(20-7(2)17)15(3)12(16)19/h9H,4-6H2,1-3H3. The summed E-state index contributed by atoms with van der Waals surface area (Å²) in [5.41, 5.74) is 0. The maximum atomic E-state index is 12.3. The highest BCUT2D eigenvalue weighted by atomic mass is 32.2. The first kappa shape index (κ1) is 16.7. The van der Waals surface area contributed by atoms with Gasteiger partial charge in [0.25, 0.3) is 12.1 Å². The minimum Gasteiger partial charge on any atom is -0.432 e. The summed E-state index contributed by atoms with van der Waals surface area (Å²) < 4.78 is 5.57. The SMILES string of the molecule is CCCCSc1nnc(N2C(=O)C(OC(C)=O)N(C)C2=O)s1. The molecule has 120 valence electrons. The van der Waals surface area contributed by atoms with Crippen LogP contribution in [0.5, 0.6) is 0 Å². The zero-order chi connectivity index (χ0) is 16.3. The van der Waals surface area contributed by atoms with Gasteiger partial charge < -0.3 is 4.74 Å². The summed E-state index contributed by atoms with van der Waals surface area (Å²) in [5, 5.41) is 8.05. The van der Waals surface area contributed by atoms with Crippen molar-refractivity contribution in [2.45, 2.75) is 37.3 Å². The van der Waals surface area contributed by atoms with Gasteiger partial charge in [0.2, 0.25) is 5.13 Å². The Labute approximate surface area is 135 Å². The first-order valence-corrected chi connectivity index (χ1v) is 8.50. The van der Waals surface area contributed by atoms with E-state index in [2.05, 4.69) is 17.1 Å². The number of imide groups is 1. The predicted molar refractivity (Wildman–Crippen MR) is 81.7 cm³/mol. The maximum Gasteiger partial charge on any atom is 0.336 e. The van der Waals surface area contributed by atoms with Crippen LogP contribution in [0.25, 0.3) is 0 Å². The Balaban J connectivity index is 2.13. The van der Waals surface area contributed by atoms with Crippen LogP contribution in [0.15, 0.2) is 4.34 Å². The minimum atomic E-state index is -1.25. The Hall–Kier alpha value is -1.68. The molecule has 3 amide bonds. The Bertz CT molecular complexity index is 591. The Kier molecular flexibility index (Phi) is 5.35. The molecule has 0 aromatic carbocycles. The van der Waals surface area contributed by atoms with Gasteiger partial charge in [0.15, 0.2) is 4.34 Å². The van der Waals surface area contributed by atoms with Crippen LogP contribution < -0.4 is 4.90 Å². The molecule has 22 heavy (non-hydrogen) atoms. The molecule has 1 aromatic rings. The largest absolute Gasteiger partial charge is 0.432 e. The number of ether oxygens (including phenoxy) is 1. The number of thioether (sulfide) groups is 1. The number of hydrogen-bond acceptors (Lipinski definition) is 8. The van der Waals surface area contributed by atoms with Gasteiger partial charge in [0, 0.05) is 19.7 Å². The van der Waals surface area contributed by atoms with Crippen LogP contribution in [0.3, 0.4) is 0 Å². The van der Waals surface area contributed by atoms with Crippen molar-refractivity contribution in [3.8, 4) is 0 Å². The fourth-order valence-corrected chi connectivity index (χ4v) is 3.74. The van der Waals surface area contributed by atoms with Crippen molar-refractivity contribution in [2.24, 2.45) is 0 Å². The third-order valence-corrected chi connectivity index (χ3v) is 4.99. The number of rotatable bonds is 6. The van der Waals surface area contributed by atoms with Crippen molar-refractivity contribution >= 4 is 46.1 Å². The van der Waals surface area contributed by atoms with Crippen molar-refractivity contribution in [1.82, 2.24) is 15.1 Å². The van der Waals surface area contributed by atoms with Crippen LogP contribution in [0.4, 0.5) is 9.93 Å². The molecule has 2 rings (SSSR count). The molecule has 1 aliphatic rings. The molecule has 10 heteroatoms. The van der Waals surface area contributed by atoms with Crippen LogP contribution in [0.1, 0.15) is 26.7 Å². The Morgan fingerprint density at radius 1 is 1.41 bits per heavy atom. The minimum absolute atomic E-state index is 0.190. The van der Waals surface area contributed by atoms with Crippen LogP contribution in [-0.2, 0) is 14.3 Å². The van der Waals surface area contributed by atoms with E-state index in [4.69, 9.17) is 4.74 Å². The van der Waals surface area contributed by atoms with Gasteiger partial charge in [0.1, 0.15) is 0 Å². The van der Waals surface area contributed by atoms with Gasteiger partial charge in [-0.3, -0.25) is 14.5 Å². The van der Waals surface area contributed by atoms with Gasteiger partial charge in [-0.2, -0.15) is 4.90 Å². The lowest BCUT2D eigenvalue weighted by atomic mass is 10.4. The molecule has 0 saturated carbocycles. The van der Waals surface area contributed by atoms with Crippen LogP contribution in [-0.4, -0.2) is 52.0 Å². The number of likely N-dealkylation sites (N-methyl/N-ethyl adjacent to an activating group) is 1. The quantitative estimate of drug-likeness (QED) is 0.255. The van der Waals surface area contributed by atoms with Crippen LogP contribution in [0.2, 0.25) is 0 Å². The summed E-state index contributed by atoms with van der Waals surface area (Å²) in [4.78, 5) is 37.4. The molecule has 0 aliphatic carbocycles. The zero-order valence-electron chi connectivity index (χ0n) is 12.4. The molecule has 0 N–H and O–H groups in total. The molecule has 1 atom stereocenters. The summed E-state index contributed by atoms with van der Waals surface area (Å²) in [6.45, 7) is 3.28. The smallest absolute Gasteiger partial charge is 0.336 e. The molecule has 0 radical (unpaired) electrons.